The number of carbonyl (C=O) groups is 1. The van der Waals surface area contributed by atoms with E-state index in [9.17, 15) is 4.79 Å². The third-order valence-corrected chi connectivity index (χ3v) is 3.90. The van der Waals surface area contributed by atoms with Crippen LogP contribution in [0.15, 0.2) is 30.3 Å². The van der Waals surface area contributed by atoms with E-state index in [2.05, 4.69) is 4.90 Å². The Bertz CT molecular complexity index is 385. The first kappa shape index (κ1) is 14.1. The molecule has 3 heteroatoms. The predicted octanol–water partition coefficient (Wildman–Crippen LogP) is 2.81. The first-order chi connectivity index (χ1) is 9.33. The fraction of sp³-hybridized carbons (Fsp3) is 0.562. The van der Waals surface area contributed by atoms with E-state index in [0.717, 1.165) is 31.4 Å². The van der Waals surface area contributed by atoms with Crippen LogP contribution in [0.1, 0.15) is 48.9 Å². The van der Waals surface area contributed by atoms with Crippen molar-refractivity contribution in [2.75, 3.05) is 13.1 Å². The molecule has 2 rings (SSSR count). The highest BCUT2D eigenvalue weighted by molar-refractivity contribution is 5.94. The summed E-state index contributed by atoms with van der Waals surface area (Å²) >= 11 is 0. The van der Waals surface area contributed by atoms with Crippen LogP contribution < -0.4 is 5.73 Å². The quantitative estimate of drug-likeness (QED) is 0.885. The van der Waals surface area contributed by atoms with E-state index < -0.39 is 0 Å². The number of benzene rings is 1. The molecule has 1 saturated carbocycles. The molecule has 0 saturated heterocycles. The number of rotatable bonds is 5. The van der Waals surface area contributed by atoms with Crippen molar-refractivity contribution in [3.05, 3.63) is 35.9 Å². The number of nitrogens with two attached hydrogens (primary N) is 1. The van der Waals surface area contributed by atoms with E-state index >= 15 is 0 Å². The maximum absolute atomic E-state index is 12.6. The molecule has 3 nitrogen and oxygen atoms in total. The molecule has 0 unspecified atom stereocenters. The number of hydrogen-bond acceptors (Lipinski definition) is 2. The third-order valence-electron chi connectivity index (χ3n) is 3.90. The first-order valence-corrected chi connectivity index (χ1v) is 7.39. The number of carbonyl (C=O) groups excluding carboxylic acids is 1. The smallest absolute Gasteiger partial charge is 0.254 e. The van der Waals surface area contributed by atoms with Crippen molar-refractivity contribution in [2.24, 2.45) is 5.73 Å². The van der Waals surface area contributed by atoms with Gasteiger partial charge in [-0.2, -0.15) is 0 Å². The van der Waals surface area contributed by atoms with Crippen LogP contribution in [0.4, 0.5) is 0 Å². The Morgan fingerprint density at radius 2 is 1.84 bits per heavy atom. The third kappa shape index (κ3) is 3.80. The summed E-state index contributed by atoms with van der Waals surface area (Å²) in [5.74, 6) is 0.168. The first-order valence-electron chi connectivity index (χ1n) is 7.39. The van der Waals surface area contributed by atoms with E-state index in [1.807, 2.05) is 30.3 Å². The molecule has 0 bridgehead atoms. The lowest BCUT2D eigenvalue weighted by Crippen LogP contribution is -2.42. The fourth-order valence-electron chi connectivity index (χ4n) is 2.85. The summed E-state index contributed by atoms with van der Waals surface area (Å²) in [5, 5.41) is 0. The average molecular weight is 260 g/mol. The molecule has 0 aromatic heterocycles. The zero-order chi connectivity index (χ0) is 13.5. The summed E-state index contributed by atoms with van der Waals surface area (Å²) in [6.07, 6.45) is 6.96. The highest BCUT2D eigenvalue weighted by atomic mass is 16.2. The van der Waals surface area contributed by atoms with Gasteiger partial charge in [0, 0.05) is 18.2 Å². The van der Waals surface area contributed by atoms with Crippen LogP contribution >= 0.6 is 0 Å². The van der Waals surface area contributed by atoms with Gasteiger partial charge in [-0.15, -0.1) is 0 Å². The van der Waals surface area contributed by atoms with Gasteiger partial charge in [0.1, 0.15) is 0 Å². The minimum absolute atomic E-state index is 0.168. The second-order valence-electron chi connectivity index (χ2n) is 5.30. The van der Waals surface area contributed by atoms with E-state index in [-0.39, 0.29) is 5.91 Å². The van der Waals surface area contributed by atoms with Crippen LogP contribution in [-0.4, -0.2) is 29.9 Å². The molecule has 104 valence electrons. The minimum atomic E-state index is 0.168. The van der Waals surface area contributed by atoms with Gasteiger partial charge < -0.3 is 10.6 Å². The highest BCUT2D eigenvalue weighted by Crippen LogP contribution is 2.24. The fourth-order valence-corrected chi connectivity index (χ4v) is 2.85. The lowest BCUT2D eigenvalue weighted by Gasteiger charge is -2.34. The second-order valence-corrected chi connectivity index (χ2v) is 5.30. The van der Waals surface area contributed by atoms with Gasteiger partial charge in [-0.3, -0.25) is 4.79 Å². The second kappa shape index (κ2) is 7.29. The van der Waals surface area contributed by atoms with E-state index in [0.29, 0.717) is 12.6 Å². The zero-order valence-corrected chi connectivity index (χ0v) is 11.6. The molecule has 0 heterocycles. The number of hydrogen-bond donors (Lipinski definition) is 1. The molecule has 0 atom stereocenters. The molecule has 1 aliphatic carbocycles. The Morgan fingerprint density at radius 3 is 2.47 bits per heavy atom. The van der Waals surface area contributed by atoms with Crippen LogP contribution in [0.25, 0.3) is 0 Å². The van der Waals surface area contributed by atoms with Crippen molar-refractivity contribution in [3.8, 4) is 0 Å². The maximum atomic E-state index is 12.6. The van der Waals surface area contributed by atoms with E-state index in [4.69, 9.17) is 5.73 Å². The van der Waals surface area contributed by atoms with Crippen LogP contribution in [0.2, 0.25) is 0 Å². The van der Waals surface area contributed by atoms with Gasteiger partial charge in [0.2, 0.25) is 0 Å². The summed E-state index contributed by atoms with van der Waals surface area (Å²) in [4.78, 5) is 14.7. The SMILES string of the molecule is NCCCN(C(=O)c1ccccc1)C1CCCCC1. The molecular weight excluding hydrogens is 236 g/mol. The van der Waals surface area contributed by atoms with Gasteiger partial charge in [-0.25, -0.2) is 0 Å². The molecular formula is C16H24N2O. The van der Waals surface area contributed by atoms with E-state index in [1.54, 1.807) is 0 Å². The molecule has 2 N–H and O–H groups in total. The molecule has 19 heavy (non-hydrogen) atoms. The van der Waals surface area contributed by atoms with Gasteiger partial charge in [0.05, 0.1) is 0 Å². The van der Waals surface area contributed by atoms with Gasteiger partial charge >= 0.3 is 0 Å². The van der Waals surface area contributed by atoms with Crippen molar-refractivity contribution in [1.29, 1.82) is 0 Å². The van der Waals surface area contributed by atoms with Crippen LogP contribution in [0, 0.1) is 0 Å². The van der Waals surface area contributed by atoms with Crippen molar-refractivity contribution < 1.29 is 4.79 Å². The standard InChI is InChI=1S/C16H24N2O/c17-12-7-13-18(15-10-5-2-6-11-15)16(19)14-8-3-1-4-9-14/h1,3-4,8-9,15H,2,5-7,10-13,17H2. The maximum Gasteiger partial charge on any atom is 0.254 e. The minimum Gasteiger partial charge on any atom is -0.336 e. The largest absolute Gasteiger partial charge is 0.336 e. The van der Waals surface area contributed by atoms with E-state index in [1.165, 1.54) is 19.3 Å². The molecule has 1 amide bonds. The van der Waals surface area contributed by atoms with Gasteiger partial charge in [-0.1, -0.05) is 37.5 Å². The number of amides is 1. The summed E-state index contributed by atoms with van der Waals surface area (Å²) in [7, 11) is 0. The predicted molar refractivity (Wildman–Crippen MR) is 78.0 cm³/mol. The van der Waals surface area contributed by atoms with Crippen molar-refractivity contribution in [2.45, 2.75) is 44.6 Å². The molecule has 1 fully saturated rings. The van der Waals surface area contributed by atoms with Crippen LogP contribution in [0.3, 0.4) is 0 Å². The molecule has 1 aliphatic rings. The highest BCUT2D eigenvalue weighted by Gasteiger charge is 2.25. The zero-order valence-electron chi connectivity index (χ0n) is 11.6. The average Bonchev–Trinajstić information content (AvgIpc) is 2.49. The van der Waals surface area contributed by atoms with Gasteiger partial charge in [0.25, 0.3) is 5.91 Å². The Kier molecular flexibility index (Phi) is 5.40. The van der Waals surface area contributed by atoms with Gasteiger partial charge in [0.15, 0.2) is 0 Å². The summed E-state index contributed by atoms with van der Waals surface area (Å²) in [6, 6.07) is 10.0. The summed E-state index contributed by atoms with van der Waals surface area (Å²) in [5.41, 5.74) is 6.40. The lowest BCUT2D eigenvalue weighted by atomic mass is 9.93. The Labute approximate surface area is 115 Å². The monoisotopic (exact) mass is 260 g/mol. The molecule has 0 aliphatic heterocycles. The Morgan fingerprint density at radius 1 is 1.16 bits per heavy atom. The molecule has 0 radical (unpaired) electrons. The normalized spacial score (nSPS) is 16.3. The summed E-state index contributed by atoms with van der Waals surface area (Å²) in [6.45, 7) is 1.43. The lowest BCUT2D eigenvalue weighted by molar-refractivity contribution is 0.0633. The van der Waals surface area contributed by atoms with Crippen LogP contribution in [-0.2, 0) is 0 Å². The Hall–Kier alpha value is -1.35. The number of nitrogens with zero attached hydrogens (tertiary/aromatic N) is 1. The molecule has 1 aromatic carbocycles. The topological polar surface area (TPSA) is 46.3 Å². The van der Waals surface area contributed by atoms with Crippen LogP contribution in [0.5, 0.6) is 0 Å². The van der Waals surface area contributed by atoms with Crippen molar-refractivity contribution in [3.63, 3.8) is 0 Å². The van der Waals surface area contributed by atoms with Crippen molar-refractivity contribution >= 4 is 5.91 Å². The van der Waals surface area contributed by atoms with Gasteiger partial charge in [-0.05, 0) is 37.9 Å². The molecule has 0 spiro atoms. The molecule has 1 aromatic rings. The Balaban J connectivity index is 2.09. The van der Waals surface area contributed by atoms with Crippen molar-refractivity contribution in [1.82, 2.24) is 4.90 Å². The summed E-state index contributed by atoms with van der Waals surface area (Å²) < 4.78 is 0.